The number of carbonyl (C=O) groups excluding carboxylic acids is 3. The zero-order chi connectivity index (χ0) is 17.7. The Hall–Kier alpha value is -2.35. The minimum Gasteiger partial charge on any atom is -0.481 e. The van der Waals surface area contributed by atoms with E-state index >= 15 is 0 Å². The van der Waals surface area contributed by atoms with Gasteiger partial charge in [-0.3, -0.25) is 9.69 Å². The van der Waals surface area contributed by atoms with Crippen LogP contribution in [0.1, 0.15) is 18.9 Å². The zero-order valence-electron chi connectivity index (χ0n) is 13.3. The standard InChI is InChI=1S/C16H17BrN2O5/c1-3-6-19-15(21)12(18-16(19)22)8-10-7-11(17)4-5-13(10)24-9-14(20)23-2/h4-5,7-8H,3,6,9H2,1-2H3,(H,18,22)/b12-8+. The third kappa shape index (κ3) is 4.14. The van der Waals surface area contributed by atoms with Gasteiger partial charge in [0.05, 0.1) is 7.11 Å². The SMILES string of the molecule is CCCN1C(=O)N/C(=C/c2cc(Br)ccc2OCC(=O)OC)C1=O. The molecule has 1 aliphatic heterocycles. The summed E-state index contributed by atoms with van der Waals surface area (Å²) in [4.78, 5) is 36.5. The molecule has 1 aromatic carbocycles. The quantitative estimate of drug-likeness (QED) is 0.453. The molecule has 0 bridgehead atoms. The van der Waals surface area contributed by atoms with Gasteiger partial charge in [-0.1, -0.05) is 22.9 Å². The number of esters is 1. The number of hydrogen-bond donors (Lipinski definition) is 1. The molecule has 8 heteroatoms. The van der Waals surface area contributed by atoms with Crippen molar-refractivity contribution >= 4 is 39.9 Å². The molecule has 1 fully saturated rings. The summed E-state index contributed by atoms with van der Waals surface area (Å²) in [6.45, 7) is 1.98. The molecule has 1 aliphatic rings. The molecule has 0 aliphatic carbocycles. The molecule has 1 saturated heterocycles. The highest BCUT2D eigenvalue weighted by molar-refractivity contribution is 9.10. The van der Waals surface area contributed by atoms with Gasteiger partial charge in [-0.05, 0) is 30.7 Å². The van der Waals surface area contributed by atoms with Crippen LogP contribution in [0.3, 0.4) is 0 Å². The smallest absolute Gasteiger partial charge is 0.343 e. The molecule has 0 atom stereocenters. The summed E-state index contributed by atoms with van der Waals surface area (Å²) in [6.07, 6.45) is 2.20. The number of carbonyl (C=O) groups is 3. The fraction of sp³-hybridized carbons (Fsp3) is 0.312. The molecule has 0 spiro atoms. The van der Waals surface area contributed by atoms with Crippen molar-refractivity contribution in [2.45, 2.75) is 13.3 Å². The molecule has 7 nitrogen and oxygen atoms in total. The topological polar surface area (TPSA) is 84.9 Å². The Morgan fingerprint density at radius 2 is 2.12 bits per heavy atom. The average Bonchev–Trinajstić information content (AvgIpc) is 2.81. The summed E-state index contributed by atoms with van der Waals surface area (Å²) in [5, 5.41) is 2.55. The molecular weight excluding hydrogens is 380 g/mol. The maximum atomic E-state index is 12.3. The number of imide groups is 1. The highest BCUT2D eigenvalue weighted by Crippen LogP contribution is 2.26. The molecule has 3 amide bonds. The van der Waals surface area contributed by atoms with E-state index in [2.05, 4.69) is 26.0 Å². The monoisotopic (exact) mass is 396 g/mol. The summed E-state index contributed by atoms with van der Waals surface area (Å²) in [5.41, 5.74) is 0.713. The van der Waals surface area contributed by atoms with Gasteiger partial charge in [0.15, 0.2) is 6.61 Å². The van der Waals surface area contributed by atoms with E-state index in [-0.39, 0.29) is 18.2 Å². The van der Waals surface area contributed by atoms with Crippen molar-refractivity contribution in [3.05, 3.63) is 33.9 Å². The van der Waals surface area contributed by atoms with Crippen LogP contribution in [0.25, 0.3) is 6.08 Å². The normalized spacial score (nSPS) is 15.6. The minimum absolute atomic E-state index is 0.162. The largest absolute Gasteiger partial charge is 0.481 e. The molecule has 1 aromatic rings. The lowest BCUT2D eigenvalue weighted by Crippen LogP contribution is -2.31. The van der Waals surface area contributed by atoms with E-state index in [1.165, 1.54) is 13.2 Å². The Balaban J connectivity index is 2.28. The van der Waals surface area contributed by atoms with Crippen LogP contribution >= 0.6 is 15.9 Å². The van der Waals surface area contributed by atoms with E-state index in [1.54, 1.807) is 18.2 Å². The van der Waals surface area contributed by atoms with E-state index in [1.807, 2.05) is 6.92 Å². The molecule has 128 valence electrons. The molecule has 0 saturated carbocycles. The Morgan fingerprint density at radius 1 is 1.38 bits per heavy atom. The van der Waals surface area contributed by atoms with Crippen molar-refractivity contribution in [1.29, 1.82) is 0 Å². The number of nitrogens with zero attached hydrogens (tertiary/aromatic N) is 1. The van der Waals surface area contributed by atoms with Crippen molar-refractivity contribution in [1.82, 2.24) is 10.2 Å². The van der Waals surface area contributed by atoms with Crippen molar-refractivity contribution in [2.75, 3.05) is 20.3 Å². The Labute approximate surface area is 147 Å². The predicted octanol–water partition coefficient (Wildman–Crippen LogP) is 2.30. The van der Waals surface area contributed by atoms with E-state index in [0.29, 0.717) is 24.3 Å². The number of hydrogen-bond acceptors (Lipinski definition) is 5. The highest BCUT2D eigenvalue weighted by Gasteiger charge is 2.32. The zero-order valence-corrected chi connectivity index (χ0v) is 14.9. The summed E-state index contributed by atoms with van der Waals surface area (Å²) < 4.78 is 10.7. The van der Waals surface area contributed by atoms with Gasteiger partial charge in [0.2, 0.25) is 0 Å². The van der Waals surface area contributed by atoms with Crippen LogP contribution in [0.4, 0.5) is 4.79 Å². The number of urea groups is 1. The lowest BCUT2D eigenvalue weighted by molar-refractivity contribution is -0.142. The van der Waals surface area contributed by atoms with Crippen LogP contribution < -0.4 is 10.1 Å². The number of nitrogens with one attached hydrogen (secondary N) is 1. The number of benzene rings is 1. The van der Waals surface area contributed by atoms with Crippen LogP contribution in [0.15, 0.2) is 28.4 Å². The van der Waals surface area contributed by atoms with Gasteiger partial charge in [-0.25, -0.2) is 9.59 Å². The molecule has 1 N–H and O–H groups in total. The molecule has 1 heterocycles. The van der Waals surface area contributed by atoms with Gasteiger partial charge >= 0.3 is 12.0 Å². The first-order chi connectivity index (χ1) is 11.5. The third-order valence-electron chi connectivity index (χ3n) is 3.25. The van der Waals surface area contributed by atoms with Gasteiger partial charge in [0, 0.05) is 16.6 Å². The first kappa shape index (κ1) is 18.0. The maximum Gasteiger partial charge on any atom is 0.343 e. The lowest BCUT2D eigenvalue weighted by atomic mass is 10.1. The summed E-state index contributed by atoms with van der Waals surface area (Å²) in [7, 11) is 1.27. The number of rotatable bonds is 6. The molecule has 24 heavy (non-hydrogen) atoms. The molecular formula is C16H17BrN2O5. The number of amides is 3. The summed E-state index contributed by atoms with van der Waals surface area (Å²) in [5.74, 6) is -0.510. The fourth-order valence-corrected chi connectivity index (χ4v) is 2.49. The van der Waals surface area contributed by atoms with Crippen LogP contribution in [0.2, 0.25) is 0 Å². The van der Waals surface area contributed by atoms with Crippen LogP contribution in [-0.4, -0.2) is 43.1 Å². The van der Waals surface area contributed by atoms with Gasteiger partial charge in [0.25, 0.3) is 5.91 Å². The first-order valence-electron chi connectivity index (χ1n) is 7.30. The first-order valence-corrected chi connectivity index (χ1v) is 8.09. The van der Waals surface area contributed by atoms with Crippen molar-refractivity contribution < 1.29 is 23.9 Å². The maximum absolute atomic E-state index is 12.3. The lowest BCUT2D eigenvalue weighted by Gasteiger charge is -2.10. The van der Waals surface area contributed by atoms with Crippen LogP contribution in [-0.2, 0) is 14.3 Å². The average molecular weight is 397 g/mol. The third-order valence-corrected chi connectivity index (χ3v) is 3.75. The van der Waals surface area contributed by atoms with E-state index in [4.69, 9.17) is 4.74 Å². The van der Waals surface area contributed by atoms with E-state index in [9.17, 15) is 14.4 Å². The van der Waals surface area contributed by atoms with Crippen LogP contribution in [0.5, 0.6) is 5.75 Å². The second kappa shape index (κ2) is 7.96. The van der Waals surface area contributed by atoms with E-state index < -0.39 is 12.0 Å². The van der Waals surface area contributed by atoms with Gasteiger partial charge < -0.3 is 14.8 Å². The Morgan fingerprint density at radius 3 is 2.79 bits per heavy atom. The Bertz CT molecular complexity index is 702. The van der Waals surface area contributed by atoms with Crippen molar-refractivity contribution in [3.63, 3.8) is 0 Å². The van der Waals surface area contributed by atoms with Crippen LogP contribution in [0, 0.1) is 0 Å². The Kier molecular flexibility index (Phi) is 5.97. The summed E-state index contributed by atoms with van der Waals surface area (Å²) in [6, 6.07) is 4.68. The highest BCUT2D eigenvalue weighted by atomic mass is 79.9. The molecule has 0 aromatic heterocycles. The van der Waals surface area contributed by atoms with Gasteiger partial charge in [-0.15, -0.1) is 0 Å². The number of ether oxygens (including phenoxy) is 2. The molecule has 0 unspecified atom stereocenters. The van der Waals surface area contributed by atoms with Crippen molar-refractivity contribution in [2.24, 2.45) is 0 Å². The summed E-state index contributed by atoms with van der Waals surface area (Å²) >= 11 is 3.34. The predicted molar refractivity (Wildman–Crippen MR) is 90.2 cm³/mol. The minimum atomic E-state index is -0.518. The van der Waals surface area contributed by atoms with E-state index in [0.717, 1.165) is 9.37 Å². The van der Waals surface area contributed by atoms with Gasteiger partial charge in [0.1, 0.15) is 11.4 Å². The molecule has 0 radical (unpaired) electrons. The second-order valence-electron chi connectivity index (χ2n) is 4.99. The second-order valence-corrected chi connectivity index (χ2v) is 5.91. The number of methoxy groups -OCH3 is 1. The number of halogens is 1. The fourth-order valence-electron chi connectivity index (χ4n) is 2.11. The van der Waals surface area contributed by atoms with Gasteiger partial charge in [-0.2, -0.15) is 0 Å². The van der Waals surface area contributed by atoms with Crippen molar-refractivity contribution in [3.8, 4) is 5.75 Å². The molecule has 2 rings (SSSR count).